The molecule has 0 aromatic heterocycles. The Morgan fingerprint density at radius 1 is 1.33 bits per heavy atom. The van der Waals surface area contributed by atoms with Crippen molar-refractivity contribution < 1.29 is 0 Å². The lowest BCUT2D eigenvalue weighted by atomic mass is 10.5. The van der Waals surface area contributed by atoms with Crippen LogP contribution in [0, 0.1) is 0 Å². The minimum Gasteiger partial charge on any atom is -0.206 e. The van der Waals surface area contributed by atoms with Gasteiger partial charge in [-0.1, -0.05) is 31.0 Å². The third-order valence-corrected chi connectivity index (χ3v) is 4.58. The van der Waals surface area contributed by atoms with E-state index in [1.807, 2.05) is 0 Å². The average Bonchev–Trinajstić information content (AvgIpc) is 2.77. The van der Waals surface area contributed by atoms with Crippen LogP contribution in [0.25, 0.3) is 0 Å². The lowest BCUT2D eigenvalue weighted by Gasteiger charge is -2.21. The third kappa shape index (κ3) is 1.40. The largest absolute Gasteiger partial charge is 0.206 e. The zero-order valence-corrected chi connectivity index (χ0v) is 8.04. The average molecular weight is 175 g/mol. The van der Waals surface area contributed by atoms with E-state index < -0.39 is 0 Å². The van der Waals surface area contributed by atoms with E-state index >= 15 is 0 Å². The van der Waals surface area contributed by atoms with Crippen LogP contribution in [0.4, 0.5) is 0 Å². The topological polar surface area (TPSA) is 0 Å². The summed E-state index contributed by atoms with van der Waals surface area (Å²) in [6.07, 6.45) is 8.87. The molecule has 1 atom stereocenters. The summed E-state index contributed by atoms with van der Waals surface area (Å²) in [5.74, 6) is 0. The van der Waals surface area contributed by atoms with Gasteiger partial charge in [-0.3, -0.25) is 0 Å². The molecule has 1 aliphatic carbocycles. The molecule has 1 heteroatoms. The van der Waals surface area contributed by atoms with Crippen LogP contribution in [0.15, 0.2) is 48.6 Å². The standard InChI is InChI=1S/C11H12P/c1-12(10-6-2-3-7-10)11-8-4-5-9-11/h2-10H,1H3/q-1. The van der Waals surface area contributed by atoms with Gasteiger partial charge >= 0.3 is 0 Å². The van der Waals surface area contributed by atoms with Crippen LogP contribution in [-0.4, -0.2) is 12.3 Å². The molecular weight excluding hydrogens is 163 g/mol. The van der Waals surface area contributed by atoms with Crippen molar-refractivity contribution in [3.8, 4) is 0 Å². The molecule has 0 bridgehead atoms. The number of hydrogen-bond donors (Lipinski definition) is 0. The molecule has 0 N–H and O–H groups in total. The van der Waals surface area contributed by atoms with E-state index in [2.05, 4.69) is 55.2 Å². The van der Waals surface area contributed by atoms with Crippen molar-refractivity contribution in [2.45, 2.75) is 5.66 Å². The highest BCUT2D eigenvalue weighted by atomic mass is 31.1. The van der Waals surface area contributed by atoms with Crippen LogP contribution in [0.5, 0.6) is 0 Å². The maximum Gasteiger partial charge on any atom is 0.00773 e. The lowest BCUT2D eigenvalue weighted by molar-refractivity contribution is 1.44. The van der Waals surface area contributed by atoms with Gasteiger partial charge in [-0.25, -0.2) is 6.07 Å². The molecule has 12 heavy (non-hydrogen) atoms. The third-order valence-electron chi connectivity index (χ3n) is 2.23. The minimum atomic E-state index is -0.0134. The fourth-order valence-electron chi connectivity index (χ4n) is 1.45. The Balaban J connectivity index is 2.15. The van der Waals surface area contributed by atoms with Gasteiger partial charge in [0.2, 0.25) is 0 Å². The summed E-state index contributed by atoms with van der Waals surface area (Å²) in [6.45, 7) is 2.34. The van der Waals surface area contributed by atoms with Crippen molar-refractivity contribution in [1.82, 2.24) is 0 Å². The molecule has 0 saturated carbocycles. The van der Waals surface area contributed by atoms with Gasteiger partial charge < -0.3 is 0 Å². The zero-order valence-electron chi connectivity index (χ0n) is 7.14. The van der Waals surface area contributed by atoms with Crippen LogP contribution >= 0.6 is 7.92 Å². The summed E-state index contributed by atoms with van der Waals surface area (Å²) >= 11 is 0. The first-order valence-corrected chi connectivity index (χ1v) is 6.03. The van der Waals surface area contributed by atoms with Crippen molar-refractivity contribution >= 4 is 13.2 Å². The van der Waals surface area contributed by atoms with E-state index in [9.17, 15) is 0 Å². The van der Waals surface area contributed by atoms with E-state index in [4.69, 9.17) is 0 Å². The normalized spacial score (nSPS) is 18.8. The molecule has 0 fully saturated rings. The molecule has 62 valence electrons. The van der Waals surface area contributed by atoms with E-state index in [0.717, 1.165) is 0 Å². The van der Waals surface area contributed by atoms with Gasteiger partial charge in [-0.2, -0.15) is 23.5 Å². The Morgan fingerprint density at radius 3 is 2.67 bits per heavy atom. The molecule has 0 radical (unpaired) electrons. The second-order valence-corrected chi connectivity index (χ2v) is 5.35. The lowest BCUT2D eigenvalue weighted by Crippen LogP contribution is -2.04. The fraction of sp³-hybridized carbons (Fsp3) is 0.182. The minimum absolute atomic E-state index is 0.0134. The predicted molar refractivity (Wildman–Crippen MR) is 56.6 cm³/mol. The Morgan fingerprint density at radius 2 is 2.08 bits per heavy atom. The van der Waals surface area contributed by atoms with Crippen molar-refractivity contribution in [3.63, 3.8) is 0 Å². The number of rotatable bonds is 2. The SMILES string of the molecule is CP(c1cc[cH-]c1)C1C=CC=C1. The number of allylic oxidation sites excluding steroid dienone is 4. The van der Waals surface area contributed by atoms with Gasteiger partial charge in [0.15, 0.2) is 0 Å². The van der Waals surface area contributed by atoms with Crippen molar-refractivity contribution in [2.75, 3.05) is 6.66 Å². The van der Waals surface area contributed by atoms with Crippen LogP contribution in [0.3, 0.4) is 0 Å². The first-order valence-electron chi connectivity index (χ1n) is 4.17. The van der Waals surface area contributed by atoms with Gasteiger partial charge in [-0.05, 0) is 0 Å². The summed E-state index contributed by atoms with van der Waals surface area (Å²) in [6, 6.07) is 8.70. The van der Waals surface area contributed by atoms with E-state index in [1.54, 1.807) is 0 Å². The molecule has 0 amide bonds. The molecule has 1 unspecified atom stereocenters. The summed E-state index contributed by atoms with van der Waals surface area (Å²) < 4.78 is 0. The van der Waals surface area contributed by atoms with Crippen LogP contribution in [0.1, 0.15) is 0 Å². The second kappa shape index (κ2) is 3.33. The summed E-state index contributed by atoms with van der Waals surface area (Å²) in [4.78, 5) is 0. The van der Waals surface area contributed by atoms with E-state index in [1.165, 1.54) is 5.30 Å². The molecule has 0 spiro atoms. The van der Waals surface area contributed by atoms with E-state index in [0.29, 0.717) is 5.66 Å². The van der Waals surface area contributed by atoms with Gasteiger partial charge in [-0.15, -0.1) is 7.92 Å². The smallest absolute Gasteiger partial charge is 0.00773 e. The highest BCUT2D eigenvalue weighted by molar-refractivity contribution is 7.66. The molecule has 0 nitrogen and oxygen atoms in total. The van der Waals surface area contributed by atoms with Crippen molar-refractivity contribution in [1.29, 1.82) is 0 Å². The first-order chi connectivity index (χ1) is 5.88. The number of hydrogen-bond acceptors (Lipinski definition) is 0. The molecule has 1 aliphatic rings. The summed E-state index contributed by atoms with van der Waals surface area (Å²) in [5.41, 5.74) is 0.669. The van der Waals surface area contributed by atoms with Gasteiger partial charge in [0, 0.05) is 5.66 Å². The van der Waals surface area contributed by atoms with Gasteiger partial charge in [0.1, 0.15) is 0 Å². The molecule has 0 heterocycles. The maximum absolute atomic E-state index is 2.34. The van der Waals surface area contributed by atoms with Gasteiger partial charge in [0.25, 0.3) is 0 Å². The van der Waals surface area contributed by atoms with Gasteiger partial charge in [0.05, 0.1) is 0 Å². The van der Waals surface area contributed by atoms with Crippen LogP contribution in [-0.2, 0) is 0 Å². The van der Waals surface area contributed by atoms with Crippen molar-refractivity contribution in [3.05, 3.63) is 48.6 Å². The molecule has 1 aromatic rings. The molecule has 1 aromatic carbocycles. The predicted octanol–water partition coefficient (Wildman–Crippen LogP) is 2.64. The second-order valence-electron chi connectivity index (χ2n) is 3.01. The maximum atomic E-state index is 2.34. The Labute approximate surface area is 74.7 Å². The van der Waals surface area contributed by atoms with Crippen LogP contribution in [0.2, 0.25) is 0 Å². The van der Waals surface area contributed by atoms with Crippen LogP contribution < -0.4 is 5.30 Å². The monoisotopic (exact) mass is 175 g/mol. The fourth-order valence-corrected chi connectivity index (χ4v) is 3.15. The Kier molecular flexibility index (Phi) is 2.19. The molecule has 0 saturated heterocycles. The highest BCUT2D eigenvalue weighted by Crippen LogP contribution is 2.39. The first kappa shape index (κ1) is 7.89. The van der Waals surface area contributed by atoms with Crippen molar-refractivity contribution in [2.24, 2.45) is 0 Å². The highest BCUT2D eigenvalue weighted by Gasteiger charge is 2.09. The molecular formula is C11H12P-. The summed E-state index contributed by atoms with van der Waals surface area (Å²) in [5, 5.41) is 1.51. The molecule has 2 rings (SSSR count). The summed E-state index contributed by atoms with van der Waals surface area (Å²) in [7, 11) is -0.0134. The zero-order chi connectivity index (χ0) is 8.39. The Hall–Kier alpha value is -0.740. The molecule has 0 aliphatic heterocycles. The Bertz CT molecular complexity index is 281. The quantitative estimate of drug-likeness (QED) is 0.478. The van der Waals surface area contributed by atoms with E-state index in [-0.39, 0.29) is 7.92 Å².